The lowest BCUT2D eigenvalue weighted by atomic mass is 9.90. The first-order valence-corrected chi connectivity index (χ1v) is 9.55. The molecule has 1 aromatic carbocycles. The van der Waals surface area contributed by atoms with Crippen molar-refractivity contribution in [1.82, 2.24) is 10.2 Å². The van der Waals surface area contributed by atoms with Gasteiger partial charge in [-0.05, 0) is 31.0 Å². The number of carbonyl (C=O) groups excluding carboxylic acids is 3. The van der Waals surface area contributed by atoms with Gasteiger partial charge in [0.2, 0.25) is 5.91 Å². The first-order chi connectivity index (χ1) is 14.3. The summed E-state index contributed by atoms with van der Waals surface area (Å²) in [7, 11) is 0. The van der Waals surface area contributed by atoms with Gasteiger partial charge in [-0.2, -0.15) is 26.3 Å². The first-order valence-electron chi connectivity index (χ1n) is 9.55. The third-order valence-electron chi connectivity index (χ3n) is 5.38. The van der Waals surface area contributed by atoms with Gasteiger partial charge in [0.05, 0.1) is 11.1 Å². The second-order valence-electron chi connectivity index (χ2n) is 7.66. The fourth-order valence-corrected chi connectivity index (χ4v) is 3.86. The van der Waals surface area contributed by atoms with Crippen molar-refractivity contribution >= 4 is 23.5 Å². The summed E-state index contributed by atoms with van der Waals surface area (Å²) < 4.78 is 77.7. The van der Waals surface area contributed by atoms with Gasteiger partial charge >= 0.3 is 18.4 Å². The molecule has 1 heterocycles. The maximum Gasteiger partial charge on any atom is 0.416 e. The summed E-state index contributed by atoms with van der Waals surface area (Å²) in [5.74, 6) is -1.71. The SMILES string of the molecule is O=C(CN1C(=O)NC2(CCCCCC2)C1=O)Nc1cc(C(F)(F)F)cc(C(F)(F)F)c1. The quantitative estimate of drug-likeness (QED) is 0.531. The molecule has 1 aliphatic carbocycles. The average molecular weight is 451 g/mol. The Morgan fingerprint density at radius 2 is 1.45 bits per heavy atom. The highest BCUT2D eigenvalue weighted by Gasteiger charge is 2.51. The zero-order valence-electron chi connectivity index (χ0n) is 16.1. The summed E-state index contributed by atoms with van der Waals surface area (Å²) in [6.45, 7) is -0.829. The molecule has 1 aliphatic heterocycles. The lowest BCUT2D eigenvalue weighted by Gasteiger charge is -2.24. The molecule has 31 heavy (non-hydrogen) atoms. The summed E-state index contributed by atoms with van der Waals surface area (Å²) in [4.78, 5) is 37.9. The molecule has 1 saturated carbocycles. The van der Waals surface area contributed by atoms with Crippen molar-refractivity contribution in [3.63, 3.8) is 0 Å². The van der Waals surface area contributed by atoms with E-state index in [0.29, 0.717) is 42.7 Å². The van der Waals surface area contributed by atoms with Crippen LogP contribution in [0.5, 0.6) is 0 Å². The van der Waals surface area contributed by atoms with E-state index in [2.05, 4.69) is 5.32 Å². The number of urea groups is 1. The predicted octanol–water partition coefficient (Wildman–Crippen LogP) is 4.31. The van der Waals surface area contributed by atoms with E-state index in [4.69, 9.17) is 0 Å². The minimum atomic E-state index is -5.07. The number of nitrogens with one attached hydrogen (secondary N) is 2. The van der Waals surface area contributed by atoms with Crippen LogP contribution in [-0.2, 0) is 21.9 Å². The van der Waals surface area contributed by atoms with Crippen molar-refractivity contribution in [3.05, 3.63) is 29.3 Å². The van der Waals surface area contributed by atoms with Crippen molar-refractivity contribution in [2.75, 3.05) is 11.9 Å². The average Bonchev–Trinajstić information content (AvgIpc) is 2.81. The summed E-state index contributed by atoms with van der Waals surface area (Å²) in [5, 5.41) is 4.52. The first kappa shape index (κ1) is 22.9. The van der Waals surface area contributed by atoms with Crippen LogP contribution in [0, 0.1) is 0 Å². The Bertz CT molecular complexity index is 857. The van der Waals surface area contributed by atoms with Crippen LogP contribution in [0.3, 0.4) is 0 Å². The molecule has 0 aromatic heterocycles. The van der Waals surface area contributed by atoms with Gasteiger partial charge in [0.15, 0.2) is 0 Å². The number of hydrogen-bond donors (Lipinski definition) is 2. The third kappa shape index (κ3) is 4.93. The minimum Gasteiger partial charge on any atom is -0.325 e. The topological polar surface area (TPSA) is 78.5 Å². The molecule has 6 nitrogen and oxygen atoms in total. The number of alkyl halides is 6. The van der Waals surface area contributed by atoms with Crippen LogP contribution >= 0.6 is 0 Å². The number of nitrogens with zero attached hydrogens (tertiary/aromatic N) is 1. The molecular formula is C19H19F6N3O3. The maximum atomic E-state index is 13.0. The van der Waals surface area contributed by atoms with Gasteiger partial charge in [-0.15, -0.1) is 0 Å². The Morgan fingerprint density at radius 3 is 1.94 bits per heavy atom. The Hall–Kier alpha value is -2.79. The van der Waals surface area contributed by atoms with Crippen LogP contribution in [0.4, 0.5) is 36.8 Å². The lowest BCUT2D eigenvalue weighted by Crippen LogP contribution is -2.47. The molecule has 2 aliphatic rings. The number of imide groups is 1. The highest BCUT2D eigenvalue weighted by Crippen LogP contribution is 2.38. The predicted molar refractivity (Wildman–Crippen MR) is 95.8 cm³/mol. The Balaban J connectivity index is 1.77. The molecular weight excluding hydrogens is 432 g/mol. The number of carbonyl (C=O) groups is 3. The van der Waals surface area contributed by atoms with Crippen molar-refractivity contribution in [1.29, 1.82) is 0 Å². The van der Waals surface area contributed by atoms with Gasteiger partial charge in [-0.3, -0.25) is 14.5 Å². The van der Waals surface area contributed by atoms with E-state index in [0.717, 1.165) is 12.8 Å². The van der Waals surface area contributed by atoms with Crippen LogP contribution in [-0.4, -0.2) is 34.8 Å². The Morgan fingerprint density at radius 1 is 0.935 bits per heavy atom. The van der Waals surface area contributed by atoms with Crippen molar-refractivity contribution in [2.45, 2.75) is 56.4 Å². The lowest BCUT2D eigenvalue weighted by molar-refractivity contribution is -0.143. The molecule has 12 heteroatoms. The van der Waals surface area contributed by atoms with Gasteiger partial charge in [-0.25, -0.2) is 4.79 Å². The molecule has 1 aromatic rings. The van der Waals surface area contributed by atoms with Gasteiger partial charge < -0.3 is 10.6 Å². The Labute approximate surface area is 173 Å². The fourth-order valence-electron chi connectivity index (χ4n) is 3.86. The molecule has 0 bridgehead atoms. The molecule has 0 unspecified atom stereocenters. The van der Waals surface area contributed by atoms with E-state index in [-0.39, 0.29) is 6.07 Å². The monoisotopic (exact) mass is 451 g/mol. The minimum absolute atomic E-state index is 0.0666. The zero-order chi connectivity index (χ0) is 23.0. The number of hydrogen-bond acceptors (Lipinski definition) is 3. The molecule has 0 atom stereocenters. The number of halogens is 6. The van der Waals surface area contributed by atoms with E-state index >= 15 is 0 Å². The summed E-state index contributed by atoms with van der Waals surface area (Å²) in [5.41, 5.74) is -5.05. The zero-order valence-corrected chi connectivity index (χ0v) is 16.1. The van der Waals surface area contributed by atoms with Gasteiger partial charge in [0, 0.05) is 5.69 Å². The van der Waals surface area contributed by atoms with Gasteiger partial charge in [0.25, 0.3) is 5.91 Å². The third-order valence-corrected chi connectivity index (χ3v) is 5.38. The van der Waals surface area contributed by atoms with E-state index in [9.17, 15) is 40.7 Å². The molecule has 0 radical (unpaired) electrons. The van der Waals surface area contributed by atoms with Crippen LogP contribution in [0.1, 0.15) is 49.7 Å². The molecule has 2 fully saturated rings. The van der Waals surface area contributed by atoms with E-state index in [1.165, 1.54) is 0 Å². The largest absolute Gasteiger partial charge is 0.416 e. The summed E-state index contributed by atoms with van der Waals surface area (Å²) >= 11 is 0. The number of amides is 4. The summed E-state index contributed by atoms with van der Waals surface area (Å²) in [6, 6.07) is -0.178. The molecule has 3 rings (SSSR count). The highest BCUT2D eigenvalue weighted by molar-refractivity contribution is 6.10. The molecule has 2 N–H and O–H groups in total. The maximum absolute atomic E-state index is 13.0. The number of anilines is 1. The smallest absolute Gasteiger partial charge is 0.325 e. The number of benzene rings is 1. The second kappa shape index (κ2) is 8.04. The number of rotatable bonds is 3. The molecule has 1 saturated heterocycles. The van der Waals surface area contributed by atoms with Crippen LogP contribution in [0.2, 0.25) is 0 Å². The van der Waals surface area contributed by atoms with E-state index in [1.54, 1.807) is 0 Å². The van der Waals surface area contributed by atoms with Crippen molar-refractivity contribution < 1.29 is 40.7 Å². The molecule has 1 spiro atoms. The highest BCUT2D eigenvalue weighted by atomic mass is 19.4. The second-order valence-corrected chi connectivity index (χ2v) is 7.66. The van der Waals surface area contributed by atoms with Crippen LogP contribution in [0.25, 0.3) is 0 Å². The standard InChI is InChI=1S/C19H19F6N3O3/c20-18(21,22)11-7-12(19(23,24)25)9-13(8-11)26-14(29)10-28-15(30)17(27-16(28)31)5-3-1-2-4-6-17/h7-9H,1-6,10H2,(H,26,29)(H,27,31). The van der Waals surface area contributed by atoms with Gasteiger partial charge in [-0.1, -0.05) is 25.7 Å². The molecule has 170 valence electrons. The fraction of sp³-hybridized carbons (Fsp3) is 0.526. The normalized spacial score (nSPS) is 19.4. The van der Waals surface area contributed by atoms with Gasteiger partial charge in [0.1, 0.15) is 12.1 Å². The van der Waals surface area contributed by atoms with Crippen LogP contribution in [0.15, 0.2) is 18.2 Å². The Kier molecular flexibility index (Phi) is 5.94. The van der Waals surface area contributed by atoms with Crippen molar-refractivity contribution in [3.8, 4) is 0 Å². The van der Waals surface area contributed by atoms with Crippen LogP contribution < -0.4 is 10.6 Å². The molecule has 4 amide bonds. The van der Waals surface area contributed by atoms with E-state index in [1.807, 2.05) is 5.32 Å². The summed E-state index contributed by atoms with van der Waals surface area (Å²) in [6.07, 6.45) is -6.15. The van der Waals surface area contributed by atoms with E-state index < -0.39 is 59.1 Å². The van der Waals surface area contributed by atoms with Crippen molar-refractivity contribution in [2.24, 2.45) is 0 Å².